The van der Waals surface area contributed by atoms with Gasteiger partial charge in [-0.05, 0) is 31.0 Å². The van der Waals surface area contributed by atoms with Gasteiger partial charge in [0, 0.05) is 23.7 Å². The van der Waals surface area contributed by atoms with Crippen LogP contribution < -0.4 is 10.9 Å². The van der Waals surface area contributed by atoms with Gasteiger partial charge >= 0.3 is 0 Å². The summed E-state index contributed by atoms with van der Waals surface area (Å²) < 4.78 is 2.80. The number of nitrogens with one attached hydrogen (secondary N) is 1. The second kappa shape index (κ2) is 7.59. The highest BCUT2D eigenvalue weighted by atomic mass is 35.5. The third kappa shape index (κ3) is 3.71. The molecule has 8 heteroatoms. The van der Waals surface area contributed by atoms with E-state index in [1.54, 1.807) is 54.5 Å². The summed E-state index contributed by atoms with van der Waals surface area (Å²) in [4.78, 5) is 25.9. The Hall–Kier alpha value is -2.93. The van der Waals surface area contributed by atoms with Gasteiger partial charge < -0.3 is 5.32 Å². The summed E-state index contributed by atoms with van der Waals surface area (Å²) in [5.41, 5.74) is 1.36. The lowest BCUT2D eigenvalue weighted by molar-refractivity contribution is 0.0935. The van der Waals surface area contributed by atoms with E-state index in [4.69, 9.17) is 11.6 Å². The molecule has 4 rings (SSSR count). The largest absolute Gasteiger partial charge is 0.349 e. The zero-order valence-electron chi connectivity index (χ0n) is 15.4. The molecule has 1 N–H and O–H groups in total. The first kappa shape index (κ1) is 18.4. The maximum Gasteiger partial charge on any atom is 0.284 e. The van der Waals surface area contributed by atoms with Crippen molar-refractivity contribution in [3.63, 3.8) is 0 Å². The van der Waals surface area contributed by atoms with Crippen LogP contribution in [0.5, 0.6) is 0 Å². The minimum absolute atomic E-state index is 0.0655. The maximum absolute atomic E-state index is 13.0. The normalized spacial score (nSPS) is 14.4. The smallest absolute Gasteiger partial charge is 0.284 e. The Morgan fingerprint density at radius 3 is 2.57 bits per heavy atom. The van der Waals surface area contributed by atoms with Crippen LogP contribution >= 0.6 is 11.6 Å². The van der Waals surface area contributed by atoms with Gasteiger partial charge in [0.2, 0.25) is 0 Å². The predicted octanol–water partition coefficient (Wildman–Crippen LogP) is 2.96. The number of benzene rings is 1. The van der Waals surface area contributed by atoms with Gasteiger partial charge in [0.05, 0.1) is 18.1 Å². The molecule has 2 heterocycles. The first-order valence-corrected chi connectivity index (χ1v) is 9.59. The molecule has 0 saturated heterocycles. The molecule has 3 aromatic rings. The number of amides is 1. The number of rotatable bonds is 4. The monoisotopic (exact) mass is 397 g/mol. The molecule has 1 amide bonds. The van der Waals surface area contributed by atoms with Gasteiger partial charge in [-0.1, -0.05) is 36.6 Å². The Morgan fingerprint density at radius 1 is 1.21 bits per heavy atom. The first-order valence-electron chi connectivity index (χ1n) is 9.21. The van der Waals surface area contributed by atoms with E-state index in [0.717, 1.165) is 31.2 Å². The molecule has 0 unspecified atom stereocenters. The van der Waals surface area contributed by atoms with Crippen molar-refractivity contribution in [2.75, 3.05) is 0 Å². The highest BCUT2D eigenvalue weighted by molar-refractivity contribution is 6.30. The zero-order valence-corrected chi connectivity index (χ0v) is 16.2. The van der Waals surface area contributed by atoms with Crippen LogP contribution in [-0.2, 0) is 7.05 Å². The Bertz CT molecular complexity index is 1060. The summed E-state index contributed by atoms with van der Waals surface area (Å²) >= 11 is 5.98. The lowest BCUT2D eigenvalue weighted by atomic mass is 10.1. The van der Waals surface area contributed by atoms with E-state index in [1.165, 1.54) is 4.68 Å². The van der Waals surface area contributed by atoms with Gasteiger partial charge in [-0.15, -0.1) is 0 Å². The maximum atomic E-state index is 13.0. The topological polar surface area (TPSA) is 81.8 Å². The van der Waals surface area contributed by atoms with Gasteiger partial charge in [-0.2, -0.15) is 14.9 Å². The SMILES string of the molecule is Cn1cc(-n2nc(-c3ccc(Cl)cc3)cc(C(=O)NC3CCCC3)c2=O)cn1. The van der Waals surface area contributed by atoms with E-state index >= 15 is 0 Å². The van der Waals surface area contributed by atoms with Crippen LogP contribution in [0.25, 0.3) is 16.9 Å². The number of carbonyl (C=O) groups is 1. The molecular weight excluding hydrogens is 378 g/mol. The van der Waals surface area contributed by atoms with E-state index in [2.05, 4.69) is 15.5 Å². The Labute approximate surface area is 166 Å². The molecule has 28 heavy (non-hydrogen) atoms. The van der Waals surface area contributed by atoms with Crippen molar-refractivity contribution in [1.29, 1.82) is 0 Å². The molecule has 1 aromatic carbocycles. The average Bonchev–Trinajstić information content (AvgIpc) is 3.34. The summed E-state index contributed by atoms with van der Waals surface area (Å²) in [5.74, 6) is -0.368. The molecule has 1 aliphatic carbocycles. The molecule has 0 bridgehead atoms. The number of aryl methyl sites for hydroxylation is 1. The summed E-state index contributed by atoms with van der Waals surface area (Å²) in [6.07, 6.45) is 7.29. The molecule has 1 saturated carbocycles. The average molecular weight is 398 g/mol. The highest BCUT2D eigenvalue weighted by Gasteiger charge is 2.22. The number of hydrogen-bond acceptors (Lipinski definition) is 4. The van der Waals surface area contributed by atoms with Gasteiger partial charge in [-0.3, -0.25) is 14.3 Å². The number of halogens is 1. The van der Waals surface area contributed by atoms with E-state index < -0.39 is 5.56 Å². The number of hydrogen-bond donors (Lipinski definition) is 1. The van der Waals surface area contributed by atoms with Crippen LogP contribution in [0, 0.1) is 0 Å². The second-order valence-corrected chi connectivity index (χ2v) is 7.43. The van der Waals surface area contributed by atoms with Gasteiger partial charge in [0.15, 0.2) is 0 Å². The van der Waals surface area contributed by atoms with Crippen molar-refractivity contribution in [2.24, 2.45) is 7.05 Å². The van der Waals surface area contributed by atoms with Crippen LogP contribution in [0.2, 0.25) is 5.02 Å². The summed E-state index contributed by atoms with van der Waals surface area (Å²) in [6, 6.07) is 8.77. The summed E-state index contributed by atoms with van der Waals surface area (Å²) in [7, 11) is 1.76. The number of aromatic nitrogens is 4. The van der Waals surface area contributed by atoms with Crippen molar-refractivity contribution in [1.82, 2.24) is 24.9 Å². The van der Waals surface area contributed by atoms with Crippen molar-refractivity contribution in [3.05, 3.63) is 63.7 Å². The highest BCUT2D eigenvalue weighted by Crippen LogP contribution is 2.21. The molecule has 7 nitrogen and oxygen atoms in total. The minimum Gasteiger partial charge on any atom is -0.349 e. The number of nitrogens with zero attached hydrogens (tertiary/aromatic N) is 4. The molecule has 144 valence electrons. The lowest BCUT2D eigenvalue weighted by Gasteiger charge is -2.13. The minimum atomic E-state index is -0.471. The molecule has 2 aromatic heterocycles. The standard InChI is InChI=1S/C20H20ClN5O2/c1-25-12-16(11-22-25)26-20(28)17(19(27)23-15-4-2-3-5-15)10-18(24-26)13-6-8-14(21)9-7-13/h6-12,15H,2-5H2,1H3,(H,23,27). The van der Waals surface area contributed by atoms with Crippen LogP contribution in [0.1, 0.15) is 36.0 Å². The van der Waals surface area contributed by atoms with E-state index in [0.29, 0.717) is 16.4 Å². The third-order valence-electron chi connectivity index (χ3n) is 4.92. The van der Waals surface area contributed by atoms with Crippen LogP contribution in [0.3, 0.4) is 0 Å². The van der Waals surface area contributed by atoms with Gasteiger partial charge in [-0.25, -0.2) is 0 Å². The van der Waals surface area contributed by atoms with Gasteiger partial charge in [0.1, 0.15) is 11.3 Å². The molecule has 1 fully saturated rings. The Balaban J connectivity index is 1.81. The fourth-order valence-corrected chi connectivity index (χ4v) is 3.57. The van der Waals surface area contributed by atoms with Crippen molar-refractivity contribution >= 4 is 17.5 Å². The van der Waals surface area contributed by atoms with Crippen molar-refractivity contribution < 1.29 is 4.79 Å². The fourth-order valence-electron chi connectivity index (χ4n) is 3.44. The molecule has 0 atom stereocenters. The quantitative estimate of drug-likeness (QED) is 0.733. The zero-order chi connectivity index (χ0) is 19.7. The van der Waals surface area contributed by atoms with E-state index in [-0.39, 0.29) is 17.5 Å². The molecular formula is C20H20ClN5O2. The molecule has 1 aliphatic rings. The van der Waals surface area contributed by atoms with Crippen molar-refractivity contribution in [3.8, 4) is 16.9 Å². The Morgan fingerprint density at radius 2 is 1.93 bits per heavy atom. The predicted molar refractivity (Wildman–Crippen MR) is 107 cm³/mol. The lowest BCUT2D eigenvalue weighted by Crippen LogP contribution is -2.38. The summed E-state index contributed by atoms with van der Waals surface area (Å²) in [5, 5.41) is 12.1. The fraction of sp³-hybridized carbons (Fsp3) is 0.300. The second-order valence-electron chi connectivity index (χ2n) is 6.99. The molecule has 0 aliphatic heterocycles. The van der Waals surface area contributed by atoms with E-state index in [9.17, 15) is 9.59 Å². The third-order valence-corrected chi connectivity index (χ3v) is 5.17. The van der Waals surface area contributed by atoms with Crippen LogP contribution in [0.15, 0.2) is 47.5 Å². The number of carbonyl (C=O) groups excluding carboxylic acids is 1. The summed E-state index contributed by atoms with van der Waals surface area (Å²) in [6.45, 7) is 0. The molecule has 0 spiro atoms. The first-order chi connectivity index (χ1) is 13.5. The molecule has 0 radical (unpaired) electrons. The van der Waals surface area contributed by atoms with Crippen LogP contribution in [0.4, 0.5) is 0 Å². The van der Waals surface area contributed by atoms with Crippen molar-refractivity contribution in [2.45, 2.75) is 31.7 Å². The van der Waals surface area contributed by atoms with Gasteiger partial charge in [0.25, 0.3) is 11.5 Å². The van der Waals surface area contributed by atoms with Crippen LogP contribution in [-0.4, -0.2) is 31.5 Å². The Kier molecular flexibility index (Phi) is 5.00. The van der Waals surface area contributed by atoms with E-state index in [1.807, 2.05) is 0 Å².